The predicted molar refractivity (Wildman–Crippen MR) is 90.9 cm³/mol. The number of carbonyl (C=O) groups excluding carboxylic acids is 1. The number of fused-ring (bicyclic) bond motifs is 4. The molecule has 2 bridgehead atoms. The molecule has 1 amide bonds. The molecule has 23 heavy (non-hydrogen) atoms. The Kier molecular flexibility index (Phi) is 3.43. The summed E-state index contributed by atoms with van der Waals surface area (Å²) in [6, 6.07) is 7.45. The lowest BCUT2D eigenvalue weighted by molar-refractivity contribution is -0.0380. The van der Waals surface area contributed by atoms with E-state index in [9.17, 15) is 4.79 Å². The van der Waals surface area contributed by atoms with Crippen LogP contribution in [0.5, 0.6) is 0 Å². The molecule has 3 aliphatic rings. The minimum Gasteiger partial charge on any atom is -0.449 e. The van der Waals surface area contributed by atoms with E-state index in [2.05, 4.69) is 24.1 Å². The molecule has 5 heteroatoms. The van der Waals surface area contributed by atoms with Gasteiger partial charge in [0.25, 0.3) is 5.91 Å². The second-order valence-corrected chi connectivity index (χ2v) is 7.61. The molecule has 1 atom stereocenters. The van der Waals surface area contributed by atoms with Crippen molar-refractivity contribution in [2.75, 3.05) is 13.1 Å². The van der Waals surface area contributed by atoms with Crippen molar-refractivity contribution in [1.29, 1.82) is 0 Å². The number of hydrogen-bond acceptors (Lipinski definition) is 3. The quantitative estimate of drug-likeness (QED) is 0.912. The average Bonchev–Trinajstić information content (AvgIpc) is 2.97. The van der Waals surface area contributed by atoms with Crippen molar-refractivity contribution < 1.29 is 9.21 Å². The van der Waals surface area contributed by atoms with E-state index >= 15 is 0 Å². The van der Waals surface area contributed by atoms with Crippen LogP contribution in [0.25, 0.3) is 11.0 Å². The zero-order valence-corrected chi connectivity index (χ0v) is 14.2. The zero-order chi connectivity index (χ0) is 16.2. The van der Waals surface area contributed by atoms with E-state index in [1.165, 1.54) is 0 Å². The van der Waals surface area contributed by atoms with E-state index in [1.807, 2.05) is 12.1 Å². The zero-order valence-electron chi connectivity index (χ0n) is 13.4. The SMILES string of the molecule is CC1(C)[C@H](NC(=O)c2cc3cccc(Cl)c3o2)C2CCN1CC2. The highest BCUT2D eigenvalue weighted by molar-refractivity contribution is 6.34. The van der Waals surface area contributed by atoms with E-state index in [4.69, 9.17) is 16.0 Å². The first-order valence-electron chi connectivity index (χ1n) is 8.21. The number of halogens is 1. The monoisotopic (exact) mass is 332 g/mol. The van der Waals surface area contributed by atoms with Gasteiger partial charge in [-0.15, -0.1) is 0 Å². The highest BCUT2D eigenvalue weighted by Crippen LogP contribution is 2.39. The molecule has 4 heterocycles. The van der Waals surface area contributed by atoms with Crippen molar-refractivity contribution in [3.05, 3.63) is 35.0 Å². The Balaban J connectivity index is 1.60. The van der Waals surface area contributed by atoms with Gasteiger partial charge in [-0.1, -0.05) is 23.7 Å². The fraction of sp³-hybridized carbons (Fsp3) is 0.500. The molecule has 1 aromatic carbocycles. The molecule has 4 nitrogen and oxygen atoms in total. The van der Waals surface area contributed by atoms with Crippen molar-refractivity contribution in [1.82, 2.24) is 10.2 Å². The number of furan rings is 1. The van der Waals surface area contributed by atoms with Gasteiger partial charge in [-0.3, -0.25) is 9.69 Å². The summed E-state index contributed by atoms with van der Waals surface area (Å²) in [5, 5.41) is 4.61. The second kappa shape index (κ2) is 5.25. The Morgan fingerprint density at radius 1 is 1.35 bits per heavy atom. The number of benzene rings is 1. The molecule has 1 aromatic heterocycles. The number of nitrogens with one attached hydrogen (secondary N) is 1. The number of nitrogens with zero attached hydrogens (tertiary/aromatic N) is 1. The maximum Gasteiger partial charge on any atom is 0.287 e. The van der Waals surface area contributed by atoms with Crippen molar-refractivity contribution in [3.8, 4) is 0 Å². The summed E-state index contributed by atoms with van der Waals surface area (Å²) in [7, 11) is 0. The van der Waals surface area contributed by atoms with Gasteiger partial charge in [0.1, 0.15) is 0 Å². The number of rotatable bonds is 2. The molecule has 0 unspecified atom stereocenters. The minimum atomic E-state index is -0.149. The van der Waals surface area contributed by atoms with E-state index in [0.29, 0.717) is 22.3 Å². The first-order chi connectivity index (χ1) is 11.0. The predicted octanol–water partition coefficient (Wildman–Crippen LogP) is 3.69. The Morgan fingerprint density at radius 3 is 2.74 bits per heavy atom. The van der Waals surface area contributed by atoms with Crippen LogP contribution >= 0.6 is 11.6 Å². The normalized spacial score (nSPS) is 28.9. The van der Waals surface area contributed by atoms with Gasteiger partial charge in [0.05, 0.1) is 5.02 Å². The number of para-hydroxylation sites is 1. The molecule has 2 aromatic rings. The lowest BCUT2D eigenvalue weighted by Gasteiger charge is -2.56. The molecule has 122 valence electrons. The lowest BCUT2D eigenvalue weighted by atomic mass is 9.72. The van der Waals surface area contributed by atoms with Crippen molar-refractivity contribution in [3.63, 3.8) is 0 Å². The summed E-state index contributed by atoms with van der Waals surface area (Å²) in [6.07, 6.45) is 2.31. The van der Waals surface area contributed by atoms with Gasteiger partial charge < -0.3 is 9.73 Å². The molecule has 5 rings (SSSR count). The third-order valence-corrected chi connectivity index (χ3v) is 5.89. The fourth-order valence-corrected chi connectivity index (χ4v) is 4.45. The van der Waals surface area contributed by atoms with Crippen LogP contribution in [0.15, 0.2) is 28.7 Å². The van der Waals surface area contributed by atoms with Gasteiger partial charge in [-0.25, -0.2) is 0 Å². The fourth-order valence-electron chi connectivity index (χ4n) is 4.23. The van der Waals surface area contributed by atoms with Crippen LogP contribution in [0, 0.1) is 5.92 Å². The summed E-state index contributed by atoms with van der Waals surface area (Å²) in [4.78, 5) is 15.2. The molecule has 3 saturated heterocycles. The van der Waals surface area contributed by atoms with Crippen molar-refractivity contribution >= 4 is 28.5 Å². The Bertz CT molecular complexity index is 759. The van der Waals surface area contributed by atoms with Crippen LogP contribution in [-0.2, 0) is 0 Å². The molecule has 0 radical (unpaired) electrons. The smallest absolute Gasteiger partial charge is 0.287 e. The lowest BCUT2D eigenvalue weighted by Crippen LogP contribution is -2.69. The standard InChI is InChI=1S/C18H21ClN2O2/c1-18(2)16(11-6-8-21(18)9-7-11)20-17(22)14-10-12-4-3-5-13(19)15(12)23-14/h3-5,10-11,16H,6-9H2,1-2H3,(H,20,22)/t16-/m1/s1. The van der Waals surface area contributed by atoms with Gasteiger partial charge in [-0.05, 0) is 57.8 Å². The first-order valence-corrected chi connectivity index (χ1v) is 8.58. The van der Waals surface area contributed by atoms with E-state index in [-0.39, 0.29) is 17.5 Å². The minimum absolute atomic E-state index is 0.0134. The van der Waals surface area contributed by atoms with Gasteiger partial charge in [-0.2, -0.15) is 0 Å². The topological polar surface area (TPSA) is 45.5 Å². The van der Waals surface area contributed by atoms with Crippen LogP contribution in [0.2, 0.25) is 5.02 Å². The second-order valence-electron chi connectivity index (χ2n) is 7.20. The van der Waals surface area contributed by atoms with Crippen LogP contribution in [0.3, 0.4) is 0 Å². The maximum absolute atomic E-state index is 12.7. The third-order valence-electron chi connectivity index (χ3n) is 5.59. The van der Waals surface area contributed by atoms with Gasteiger partial charge >= 0.3 is 0 Å². The molecule has 1 N–H and O–H groups in total. The third kappa shape index (κ3) is 2.36. The van der Waals surface area contributed by atoms with Gasteiger partial charge in [0, 0.05) is 17.0 Å². The first kappa shape index (κ1) is 15.0. The van der Waals surface area contributed by atoms with Gasteiger partial charge in [0.2, 0.25) is 0 Å². The largest absolute Gasteiger partial charge is 0.449 e. The molecule has 3 fully saturated rings. The van der Waals surface area contributed by atoms with Gasteiger partial charge in [0.15, 0.2) is 11.3 Å². The molecular formula is C18H21ClN2O2. The molecule has 0 spiro atoms. The Hall–Kier alpha value is -1.52. The molecule has 0 saturated carbocycles. The maximum atomic E-state index is 12.7. The number of amides is 1. The van der Waals surface area contributed by atoms with E-state index in [1.54, 1.807) is 12.1 Å². The number of hydrogen-bond donors (Lipinski definition) is 1. The summed E-state index contributed by atoms with van der Waals surface area (Å²) in [6.45, 7) is 6.70. The molecular weight excluding hydrogens is 312 g/mol. The summed E-state index contributed by atoms with van der Waals surface area (Å²) < 4.78 is 5.69. The van der Waals surface area contributed by atoms with Crippen LogP contribution in [0.1, 0.15) is 37.2 Å². The van der Waals surface area contributed by atoms with Crippen LogP contribution < -0.4 is 5.32 Å². The van der Waals surface area contributed by atoms with Crippen LogP contribution in [0.4, 0.5) is 0 Å². The molecule has 0 aliphatic carbocycles. The number of carbonyl (C=O) groups is 1. The summed E-state index contributed by atoms with van der Waals surface area (Å²) in [5.74, 6) is 0.733. The highest BCUT2D eigenvalue weighted by atomic mass is 35.5. The summed E-state index contributed by atoms with van der Waals surface area (Å²) in [5.41, 5.74) is 0.563. The van der Waals surface area contributed by atoms with Crippen molar-refractivity contribution in [2.24, 2.45) is 5.92 Å². The average molecular weight is 333 g/mol. The highest BCUT2D eigenvalue weighted by Gasteiger charge is 2.48. The number of piperidine rings is 3. The molecule has 3 aliphatic heterocycles. The summed E-state index contributed by atoms with van der Waals surface area (Å²) >= 11 is 6.13. The van der Waals surface area contributed by atoms with E-state index < -0.39 is 0 Å². The van der Waals surface area contributed by atoms with E-state index in [0.717, 1.165) is 31.3 Å². The van der Waals surface area contributed by atoms with Crippen molar-refractivity contribution in [2.45, 2.75) is 38.3 Å². The van der Waals surface area contributed by atoms with Crippen LogP contribution in [-0.4, -0.2) is 35.5 Å². The Labute approximate surface area is 140 Å². The Morgan fingerprint density at radius 2 is 2.09 bits per heavy atom.